The molecule has 2 atom stereocenters. The summed E-state index contributed by atoms with van der Waals surface area (Å²) in [6.07, 6.45) is -0.537. The van der Waals surface area contributed by atoms with Gasteiger partial charge < -0.3 is 20.1 Å². The molecule has 0 aliphatic carbocycles. The molecule has 6 nitrogen and oxygen atoms in total. The van der Waals surface area contributed by atoms with Crippen molar-refractivity contribution in [2.75, 3.05) is 10.6 Å². The first kappa shape index (κ1) is 29.4. The van der Waals surface area contributed by atoms with E-state index in [2.05, 4.69) is 10.6 Å². The SMILES string of the molecule is Cc1cccc(C)c1OC(C)C(=O)Nc1ccc(Cc2ccc(NC(=O)C(C)Oc3c(C)cccc3C)cc2)cc1. The molecule has 2 amide bonds. The van der Waals surface area contributed by atoms with Gasteiger partial charge in [-0.2, -0.15) is 0 Å². The molecule has 0 heterocycles. The van der Waals surface area contributed by atoms with Crippen molar-refractivity contribution in [1.29, 1.82) is 0 Å². The molecule has 41 heavy (non-hydrogen) atoms. The number of nitrogens with one attached hydrogen (secondary N) is 2. The van der Waals surface area contributed by atoms with Gasteiger partial charge in [-0.1, -0.05) is 60.7 Å². The van der Waals surface area contributed by atoms with E-state index in [0.29, 0.717) is 11.4 Å². The Bertz CT molecular complexity index is 1360. The minimum Gasteiger partial charge on any atom is -0.480 e. The van der Waals surface area contributed by atoms with Gasteiger partial charge in [-0.3, -0.25) is 9.59 Å². The summed E-state index contributed by atoms with van der Waals surface area (Å²) in [7, 11) is 0. The topological polar surface area (TPSA) is 76.7 Å². The number of hydrogen-bond acceptors (Lipinski definition) is 4. The zero-order valence-corrected chi connectivity index (χ0v) is 24.6. The molecule has 0 aliphatic rings. The number of anilines is 2. The number of amides is 2. The number of rotatable bonds is 10. The van der Waals surface area contributed by atoms with Crippen LogP contribution in [0.3, 0.4) is 0 Å². The van der Waals surface area contributed by atoms with Crippen LogP contribution in [0.4, 0.5) is 11.4 Å². The Morgan fingerprint density at radius 2 is 0.878 bits per heavy atom. The number of hydrogen-bond donors (Lipinski definition) is 2. The van der Waals surface area contributed by atoms with E-state index in [-0.39, 0.29) is 11.8 Å². The first-order chi connectivity index (χ1) is 19.6. The van der Waals surface area contributed by atoms with E-state index < -0.39 is 12.2 Å². The summed E-state index contributed by atoms with van der Waals surface area (Å²) in [6, 6.07) is 27.4. The quantitative estimate of drug-likeness (QED) is 0.217. The number of ether oxygens (including phenoxy) is 2. The van der Waals surface area contributed by atoms with Gasteiger partial charge in [0.2, 0.25) is 0 Å². The van der Waals surface area contributed by atoms with Crippen LogP contribution in [0.1, 0.15) is 47.2 Å². The van der Waals surface area contributed by atoms with Gasteiger partial charge in [-0.05, 0) is 106 Å². The average Bonchev–Trinajstić information content (AvgIpc) is 2.94. The van der Waals surface area contributed by atoms with Crippen LogP contribution < -0.4 is 20.1 Å². The number of benzene rings is 4. The van der Waals surface area contributed by atoms with Crippen molar-refractivity contribution < 1.29 is 19.1 Å². The monoisotopic (exact) mass is 550 g/mol. The maximum absolute atomic E-state index is 12.7. The molecule has 0 aliphatic heterocycles. The van der Waals surface area contributed by atoms with Crippen LogP contribution in [-0.4, -0.2) is 24.0 Å². The van der Waals surface area contributed by atoms with E-state index in [1.54, 1.807) is 13.8 Å². The lowest BCUT2D eigenvalue weighted by Crippen LogP contribution is -2.30. The van der Waals surface area contributed by atoms with Gasteiger partial charge in [0.05, 0.1) is 0 Å². The lowest BCUT2D eigenvalue weighted by Gasteiger charge is -2.18. The van der Waals surface area contributed by atoms with Crippen molar-refractivity contribution in [3.8, 4) is 11.5 Å². The van der Waals surface area contributed by atoms with E-state index in [9.17, 15) is 9.59 Å². The molecule has 2 unspecified atom stereocenters. The van der Waals surface area contributed by atoms with E-state index in [0.717, 1.165) is 51.3 Å². The van der Waals surface area contributed by atoms with Crippen LogP contribution in [0.2, 0.25) is 0 Å². The van der Waals surface area contributed by atoms with Crippen LogP contribution in [0.5, 0.6) is 11.5 Å². The highest BCUT2D eigenvalue weighted by Gasteiger charge is 2.18. The van der Waals surface area contributed by atoms with Gasteiger partial charge in [0.1, 0.15) is 11.5 Å². The van der Waals surface area contributed by atoms with Crippen molar-refractivity contribution in [3.05, 3.63) is 118 Å². The molecule has 212 valence electrons. The fourth-order valence-electron chi connectivity index (χ4n) is 4.57. The number of aryl methyl sites for hydroxylation is 4. The van der Waals surface area contributed by atoms with Gasteiger partial charge in [0.25, 0.3) is 11.8 Å². The van der Waals surface area contributed by atoms with Crippen LogP contribution in [0.25, 0.3) is 0 Å². The smallest absolute Gasteiger partial charge is 0.265 e. The molecule has 4 aromatic rings. The fraction of sp³-hybridized carbons (Fsp3) is 0.257. The normalized spacial score (nSPS) is 12.2. The van der Waals surface area contributed by atoms with Crippen LogP contribution in [-0.2, 0) is 16.0 Å². The summed E-state index contributed by atoms with van der Waals surface area (Å²) in [6.45, 7) is 11.4. The van der Waals surface area contributed by atoms with Crippen LogP contribution in [0.15, 0.2) is 84.9 Å². The Hall–Kier alpha value is -4.58. The molecule has 0 radical (unpaired) electrons. The molecule has 0 spiro atoms. The van der Waals surface area contributed by atoms with Gasteiger partial charge in [0, 0.05) is 11.4 Å². The molecule has 4 aromatic carbocycles. The third kappa shape index (κ3) is 7.76. The second-order valence-corrected chi connectivity index (χ2v) is 10.5. The van der Waals surface area contributed by atoms with E-state index in [1.165, 1.54) is 0 Å². The first-order valence-corrected chi connectivity index (χ1v) is 13.9. The van der Waals surface area contributed by atoms with Crippen molar-refractivity contribution in [2.45, 2.75) is 60.2 Å². The Morgan fingerprint density at radius 1 is 0.561 bits per heavy atom. The van der Waals surface area contributed by atoms with Gasteiger partial charge >= 0.3 is 0 Å². The molecule has 6 heteroatoms. The zero-order chi connectivity index (χ0) is 29.5. The molecular formula is C35H38N2O4. The first-order valence-electron chi connectivity index (χ1n) is 13.9. The minimum absolute atomic E-state index is 0.202. The van der Waals surface area contributed by atoms with Crippen molar-refractivity contribution in [1.82, 2.24) is 0 Å². The summed E-state index contributed by atoms with van der Waals surface area (Å²) in [5.74, 6) is 1.09. The highest BCUT2D eigenvalue weighted by Crippen LogP contribution is 2.25. The summed E-state index contributed by atoms with van der Waals surface area (Å²) in [5.41, 5.74) is 7.65. The minimum atomic E-state index is -0.630. The van der Waals surface area contributed by atoms with Gasteiger partial charge in [-0.25, -0.2) is 0 Å². The maximum Gasteiger partial charge on any atom is 0.265 e. The standard InChI is InChI=1S/C35H38N2O4/c1-22-9-7-10-23(2)32(22)40-26(5)34(38)36-30-17-13-28(14-18-30)21-29-15-19-31(20-16-29)37-35(39)27(6)41-33-24(3)11-8-12-25(33)4/h7-20,26-27H,21H2,1-6H3,(H,36,38)(H,37,39). The van der Waals surface area contributed by atoms with Crippen molar-refractivity contribution >= 4 is 23.2 Å². The molecule has 0 fully saturated rings. The highest BCUT2D eigenvalue weighted by molar-refractivity contribution is 5.94. The van der Waals surface area contributed by atoms with E-state index in [1.807, 2.05) is 113 Å². The van der Waals surface area contributed by atoms with Crippen LogP contribution >= 0.6 is 0 Å². The summed E-state index contributed by atoms with van der Waals surface area (Å²) in [5, 5.41) is 5.87. The van der Waals surface area contributed by atoms with E-state index in [4.69, 9.17) is 9.47 Å². The summed E-state index contributed by atoms with van der Waals surface area (Å²) in [4.78, 5) is 25.4. The molecule has 0 saturated heterocycles. The summed E-state index contributed by atoms with van der Waals surface area (Å²) < 4.78 is 11.9. The largest absolute Gasteiger partial charge is 0.480 e. The second kappa shape index (κ2) is 13.2. The fourth-order valence-corrected chi connectivity index (χ4v) is 4.57. The lowest BCUT2D eigenvalue weighted by atomic mass is 10.0. The number of carbonyl (C=O) groups is 2. The van der Waals surface area contributed by atoms with Gasteiger partial charge in [-0.15, -0.1) is 0 Å². The predicted octanol–water partition coefficient (Wildman–Crippen LogP) is 7.32. The van der Waals surface area contributed by atoms with Crippen LogP contribution in [0, 0.1) is 27.7 Å². The Kier molecular flexibility index (Phi) is 9.45. The lowest BCUT2D eigenvalue weighted by molar-refractivity contribution is -0.122. The Balaban J connectivity index is 1.28. The zero-order valence-electron chi connectivity index (χ0n) is 24.6. The molecule has 4 rings (SSSR count). The molecule has 0 bridgehead atoms. The van der Waals surface area contributed by atoms with E-state index >= 15 is 0 Å². The Morgan fingerprint density at radius 3 is 1.20 bits per heavy atom. The second-order valence-electron chi connectivity index (χ2n) is 10.5. The highest BCUT2D eigenvalue weighted by atomic mass is 16.5. The third-order valence-electron chi connectivity index (χ3n) is 7.00. The molecular weight excluding hydrogens is 512 g/mol. The Labute approximate surface area is 242 Å². The predicted molar refractivity (Wildman–Crippen MR) is 165 cm³/mol. The maximum atomic E-state index is 12.7. The number of para-hydroxylation sites is 2. The number of carbonyl (C=O) groups excluding carboxylic acids is 2. The molecule has 0 aromatic heterocycles. The average molecular weight is 551 g/mol. The van der Waals surface area contributed by atoms with Crippen molar-refractivity contribution in [2.24, 2.45) is 0 Å². The third-order valence-corrected chi connectivity index (χ3v) is 7.00. The molecule has 2 N–H and O–H groups in total. The summed E-state index contributed by atoms with van der Waals surface area (Å²) >= 11 is 0. The molecule has 0 saturated carbocycles. The van der Waals surface area contributed by atoms with Crippen molar-refractivity contribution in [3.63, 3.8) is 0 Å². The van der Waals surface area contributed by atoms with Gasteiger partial charge in [0.15, 0.2) is 12.2 Å².